The number of carbonyl (C=O) groups is 2. The highest BCUT2D eigenvalue weighted by atomic mass is 19.1. The van der Waals surface area contributed by atoms with E-state index >= 15 is 0 Å². The van der Waals surface area contributed by atoms with E-state index in [1.54, 1.807) is 42.5 Å². The van der Waals surface area contributed by atoms with E-state index in [4.69, 9.17) is 4.74 Å². The molecule has 0 saturated carbocycles. The van der Waals surface area contributed by atoms with Gasteiger partial charge >= 0.3 is 5.97 Å². The van der Waals surface area contributed by atoms with Gasteiger partial charge in [0.05, 0.1) is 5.56 Å². The molecule has 0 aliphatic rings. The van der Waals surface area contributed by atoms with Gasteiger partial charge in [0.1, 0.15) is 5.82 Å². The molecular formula is C22H18FNO3. The van der Waals surface area contributed by atoms with Gasteiger partial charge in [-0.15, -0.1) is 0 Å². The van der Waals surface area contributed by atoms with E-state index in [2.05, 4.69) is 5.32 Å². The van der Waals surface area contributed by atoms with Crippen molar-refractivity contribution in [2.24, 2.45) is 0 Å². The molecule has 0 aromatic heterocycles. The standard InChI is InChI=1S/C22H18FNO3/c1-15-11-13-17(14-12-15)24-21(25)20(16-7-3-2-4-8-16)27-22(26)18-9-5-6-10-19(18)23/h2-14,20H,1H3,(H,24,25)/t20-/m0/s1. The minimum Gasteiger partial charge on any atom is -0.444 e. The van der Waals surface area contributed by atoms with Crippen molar-refractivity contribution in [3.63, 3.8) is 0 Å². The minimum absolute atomic E-state index is 0.221. The first-order valence-corrected chi connectivity index (χ1v) is 8.42. The van der Waals surface area contributed by atoms with Crippen LogP contribution in [0.3, 0.4) is 0 Å². The summed E-state index contributed by atoms with van der Waals surface area (Å²) in [5, 5.41) is 2.73. The molecule has 27 heavy (non-hydrogen) atoms. The summed E-state index contributed by atoms with van der Waals surface area (Å²) >= 11 is 0. The van der Waals surface area contributed by atoms with Crippen molar-refractivity contribution in [2.45, 2.75) is 13.0 Å². The second-order valence-electron chi connectivity index (χ2n) is 6.03. The topological polar surface area (TPSA) is 55.4 Å². The van der Waals surface area contributed by atoms with Crippen molar-refractivity contribution in [3.05, 3.63) is 101 Å². The van der Waals surface area contributed by atoms with E-state index < -0.39 is 23.8 Å². The van der Waals surface area contributed by atoms with Gasteiger partial charge in [0.2, 0.25) is 6.10 Å². The Kier molecular flexibility index (Phi) is 5.61. The molecule has 0 spiro atoms. The smallest absolute Gasteiger partial charge is 0.342 e. The number of carbonyl (C=O) groups excluding carboxylic acids is 2. The van der Waals surface area contributed by atoms with Crippen molar-refractivity contribution in [3.8, 4) is 0 Å². The Morgan fingerprint density at radius 3 is 2.19 bits per heavy atom. The Morgan fingerprint density at radius 1 is 0.889 bits per heavy atom. The summed E-state index contributed by atoms with van der Waals surface area (Å²) in [6.45, 7) is 1.94. The molecule has 3 rings (SSSR count). The van der Waals surface area contributed by atoms with Crippen LogP contribution in [0.1, 0.15) is 27.6 Å². The van der Waals surface area contributed by atoms with E-state index in [0.29, 0.717) is 11.3 Å². The predicted octanol–water partition coefficient (Wildman–Crippen LogP) is 4.67. The van der Waals surface area contributed by atoms with Crippen LogP contribution in [0.25, 0.3) is 0 Å². The zero-order valence-electron chi connectivity index (χ0n) is 14.7. The van der Waals surface area contributed by atoms with Crippen molar-refractivity contribution >= 4 is 17.6 Å². The fourth-order valence-corrected chi connectivity index (χ4v) is 2.54. The van der Waals surface area contributed by atoms with Crippen LogP contribution in [0.5, 0.6) is 0 Å². The van der Waals surface area contributed by atoms with E-state index in [9.17, 15) is 14.0 Å². The third-order valence-electron chi connectivity index (χ3n) is 3.98. The third kappa shape index (κ3) is 4.58. The Morgan fingerprint density at radius 2 is 1.52 bits per heavy atom. The maximum Gasteiger partial charge on any atom is 0.342 e. The Balaban J connectivity index is 1.85. The number of rotatable bonds is 5. The molecule has 1 N–H and O–H groups in total. The van der Waals surface area contributed by atoms with Crippen molar-refractivity contribution < 1.29 is 18.7 Å². The average molecular weight is 363 g/mol. The summed E-state index contributed by atoms with van der Waals surface area (Å²) in [5.74, 6) is -2.12. The number of anilines is 1. The number of aryl methyl sites for hydroxylation is 1. The predicted molar refractivity (Wildman–Crippen MR) is 101 cm³/mol. The van der Waals surface area contributed by atoms with Crippen LogP contribution in [0.15, 0.2) is 78.9 Å². The Labute approximate surface area is 156 Å². The second kappa shape index (κ2) is 8.27. The number of ether oxygens (including phenoxy) is 1. The van der Waals surface area contributed by atoms with Crippen LogP contribution in [0.4, 0.5) is 10.1 Å². The first kappa shape index (κ1) is 18.3. The van der Waals surface area contributed by atoms with E-state index in [0.717, 1.165) is 5.56 Å². The first-order valence-electron chi connectivity index (χ1n) is 8.42. The molecule has 1 atom stereocenters. The zero-order valence-corrected chi connectivity index (χ0v) is 14.7. The van der Waals surface area contributed by atoms with Crippen molar-refractivity contribution in [1.82, 2.24) is 0 Å². The summed E-state index contributed by atoms with van der Waals surface area (Å²) in [7, 11) is 0. The van der Waals surface area contributed by atoms with Gasteiger partial charge in [0, 0.05) is 11.3 Å². The quantitative estimate of drug-likeness (QED) is 0.670. The Hall–Kier alpha value is -3.47. The van der Waals surface area contributed by atoms with Gasteiger partial charge in [0.15, 0.2) is 0 Å². The number of hydrogen-bond acceptors (Lipinski definition) is 3. The van der Waals surface area contributed by atoms with Crippen LogP contribution in [0.2, 0.25) is 0 Å². The highest BCUT2D eigenvalue weighted by Gasteiger charge is 2.26. The second-order valence-corrected chi connectivity index (χ2v) is 6.03. The summed E-state index contributed by atoms with van der Waals surface area (Å²) in [5.41, 5.74) is 1.90. The van der Waals surface area contributed by atoms with Gasteiger partial charge < -0.3 is 10.1 Å². The van der Waals surface area contributed by atoms with Gasteiger partial charge in [0.25, 0.3) is 5.91 Å². The van der Waals surface area contributed by atoms with Crippen LogP contribution >= 0.6 is 0 Å². The molecule has 0 bridgehead atoms. The first-order chi connectivity index (χ1) is 13.0. The van der Waals surface area contributed by atoms with E-state index in [1.807, 2.05) is 19.1 Å². The molecule has 0 aliphatic heterocycles. The molecule has 1 amide bonds. The maximum atomic E-state index is 13.9. The zero-order chi connectivity index (χ0) is 19.2. The molecule has 4 nitrogen and oxygen atoms in total. The molecule has 3 aromatic carbocycles. The number of esters is 1. The largest absolute Gasteiger partial charge is 0.444 e. The van der Waals surface area contributed by atoms with E-state index in [1.165, 1.54) is 24.3 Å². The lowest BCUT2D eigenvalue weighted by molar-refractivity contribution is -0.125. The highest BCUT2D eigenvalue weighted by Crippen LogP contribution is 2.22. The van der Waals surface area contributed by atoms with Crippen LogP contribution < -0.4 is 5.32 Å². The normalized spacial score (nSPS) is 11.5. The fraction of sp³-hybridized carbons (Fsp3) is 0.0909. The Bertz CT molecular complexity index is 939. The van der Waals surface area contributed by atoms with Crippen molar-refractivity contribution in [2.75, 3.05) is 5.32 Å². The van der Waals surface area contributed by atoms with Crippen LogP contribution in [-0.4, -0.2) is 11.9 Å². The van der Waals surface area contributed by atoms with Gasteiger partial charge in [-0.1, -0.05) is 60.2 Å². The lowest BCUT2D eigenvalue weighted by Gasteiger charge is -2.18. The van der Waals surface area contributed by atoms with Gasteiger partial charge in [-0.25, -0.2) is 9.18 Å². The van der Waals surface area contributed by atoms with Crippen LogP contribution in [0, 0.1) is 12.7 Å². The monoisotopic (exact) mass is 363 g/mol. The number of halogens is 1. The molecule has 0 saturated heterocycles. The molecule has 0 fully saturated rings. The molecule has 0 aliphatic carbocycles. The summed E-state index contributed by atoms with van der Waals surface area (Å²) < 4.78 is 19.2. The summed E-state index contributed by atoms with van der Waals surface area (Å²) in [6, 6.07) is 21.3. The van der Waals surface area contributed by atoms with Crippen molar-refractivity contribution in [1.29, 1.82) is 0 Å². The van der Waals surface area contributed by atoms with E-state index in [-0.39, 0.29) is 5.56 Å². The van der Waals surface area contributed by atoms with Crippen LogP contribution in [-0.2, 0) is 9.53 Å². The summed E-state index contributed by atoms with van der Waals surface area (Å²) in [6.07, 6.45) is -1.21. The maximum absolute atomic E-state index is 13.9. The fourth-order valence-electron chi connectivity index (χ4n) is 2.54. The average Bonchev–Trinajstić information content (AvgIpc) is 2.68. The van der Waals surface area contributed by atoms with Gasteiger partial charge in [-0.3, -0.25) is 4.79 Å². The van der Waals surface area contributed by atoms with Gasteiger partial charge in [-0.05, 0) is 31.2 Å². The molecule has 136 valence electrons. The number of amides is 1. The number of nitrogens with one attached hydrogen (secondary N) is 1. The number of benzene rings is 3. The molecular weight excluding hydrogens is 345 g/mol. The molecule has 0 radical (unpaired) electrons. The summed E-state index contributed by atoms with van der Waals surface area (Å²) in [4.78, 5) is 25.2. The number of hydrogen-bond donors (Lipinski definition) is 1. The highest BCUT2D eigenvalue weighted by molar-refractivity contribution is 5.98. The molecule has 0 heterocycles. The van der Waals surface area contributed by atoms with Gasteiger partial charge in [-0.2, -0.15) is 0 Å². The molecule has 5 heteroatoms. The third-order valence-corrected chi connectivity index (χ3v) is 3.98. The SMILES string of the molecule is Cc1ccc(NC(=O)[C@@H](OC(=O)c2ccccc2F)c2ccccc2)cc1. The lowest BCUT2D eigenvalue weighted by Crippen LogP contribution is -2.26. The molecule has 3 aromatic rings. The molecule has 0 unspecified atom stereocenters. The lowest BCUT2D eigenvalue weighted by atomic mass is 10.1. The minimum atomic E-state index is -1.21.